The van der Waals surface area contributed by atoms with E-state index in [1.807, 2.05) is 49.4 Å². The summed E-state index contributed by atoms with van der Waals surface area (Å²) in [6.45, 7) is 1.82. The third kappa shape index (κ3) is 4.47. The fourth-order valence-electron chi connectivity index (χ4n) is 2.77. The fraction of sp³-hybridized carbons (Fsp3) is 0.0952. The van der Waals surface area contributed by atoms with Crippen molar-refractivity contribution in [3.63, 3.8) is 0 Å². The topological polar surface area (TPSA) is 108 Å². The lowest BCUT2D eigenvalue weighted by Crippen LogP contribution is -2.16. The Hall–Kier alpha value is -3.72. The molecule has 1 amide bonds. The standard InChI is InChI=1S/C21H19N5O3S/c1-14-18(10-11-28-14)20-24-25-21(26(20)22)30-13-19(27)23-15-6-5-9-17(12-15)29-16-7-3-2-4-8-16/h2-12H,13,22H2,1H3,(H,23,27). The van der Waals surface area contributed by atoms with Gasteiger partial charge < -0.3 is 20.3 Å². The summed E-state index contributed by atoms with van der Waals surface area (Å²) in [5, 5.41) is 11.4. The van der Waals surface area contributed by atoms with Crippen LogP contribution < -0.4 is 15.9 Å². The number of anilines is 1. The van der Waals surface area contributed by atoms with Gasteiger partial charge in [0.1, 0.15) is 17.3 Å². The van der Waals surface area contributed by atoms with Crippen molar-refractivity contribution in [1.29, 1.82) is 0 Å². The molecule has 0 atom stereocenters. The Morgan fingerprint density at radius 2 is 1.93 bits per heavy atom. The van der Waals surface area contributed by atoms with Crippen LogP contribution in [-0.2, 0) is 4.79 Å². The summed E-state index contributed by atoms with van der Waals surface area (Å²) in [5.41, 5.74) is 1.40. The van der Waals surface area contributed by atoms with E-state index in [9.17, 15) is 4.79 Å². The number of hydrogen-bond acceptors (Lipinski definition) is 7. The largest absolute Gasteiger partial charge is 0.469 e. The molecule has 2 aromatic heterocycles. The number of rotatable bonds is 7. The van der Waals surface area contributed by atoms with Crippen molar-refractivity contribution in [3.05, 3.63) is 72.7 Å². The monoisotopic (exact) mass is 421 g/mol. The Bertz CT molecular complexity index is 1160. The number of nitrogens with two attached hydrogens (primary N) is 1. The number of benzene rings is 2. The highest BCUT2D eigenvalue weighted by Gasteiger charge is 2.16. The number of carbonyl (C=O) groups is 1. The molecular formula is C21H19N5O3S. The number of carbonyl (C=O) groups excluding carboxylic acids is 1. The van der Waals surface area contributed by atoms with Crippen LogP contribution in [0.3, 0.4) is 0 Å². The number of ether oxygens (including phenoxy) is 1. The van der Waals surface area contributed by atoms with E-state index in [1.54, 1.807) is 24.5 Å². The molecule has 0 spiro atoms. The number of hydrogen-bond donors (Lipinski definition) is 2. The highest BCUT2D eigenvalue weighted by Crippen LogP contribution is 2.26. The molecule has 0 unspecified atom stereocenters. The molecule has 0 bridgehead atoms. The maximum absolute atomic E-state index is 12.4. The van der Waals surface area contributed by atoms with E-state index < -0.39 is 0 Å². The molecule has 8 nitrogen and oxygen atoms in total. The molecule has 4 aromatic rings. The van der Waals surface area contributed by atoms with Crippen molar-refractivity contribution >= 4 is 23.4 Å². The zero-order chi connectivity index (χ0) is 20.9. The Kier molecular flexibility index (Phi) is 5.71. The number of para-hydroxylation sites is 1. The van der Waals surface area contributed by atoms with Crippen LogP contribution >= 0.6 is 11.8 Å². The first-order valence-corrected chi connectivity index (χ1v) is 10.1. The van der Waals surface area contributed by atoms with Crippen LogP contribution in [0.1, 0.15) is 5.76 Å². The lowest BCUT2D eigenvalue weighted by Gasteiger charge is -2.09. The normalized spacial score (nSPS) is 10.7. The zero-order valence-electron chi connectivity index (χ0n) is 16.1. The van der Waals surface area contributed by atoms with E-state index >= 15 is 0 Å². The van der Waals surface area contributed by atoms with Crippen molar-refractivity contribution in [2.24, 2.45) is 0 Å². The Balaban J connectivity index is 1.36. The summed E-state index contributed by atoms with van der Waals surface area (Å²) in [5.74, 6) is 8.55. The van der Waals surface area contributed by atoms with Crippen molar-refractivity contribution in [3.8, 4) is 22.9 Å². The second-order valence-electron chi connectivity index (χ2n) is 6.35. The van der Waals surface area contributed by atoms with Gasteiger partial charge in [-0.25, -0.2) is 4.68 Å². The molecule has 3 N–H and O–H groups in total. The van der Waals surface area contributed by atoms with Crippen LogP contribution in [0.15, 0.2) is 76.5 Å². The zero-order valence-corrected chi connectivity index (χ0v) is 16.9. The minimum absolute atomic E-state index is 0.128. The fourth-order valence-corrected chi connectivity index (χ4v) is 3.42. The van der Waals surface area contributed by atoms with Crippen molar-refractivity contribution < 1.29 is 13.9 Å². The van der Waals surface area contributed by atoms with Gasteiger partial charge in [-0.1, -0.05) is 36.0 Å². The maximum Gasteiger partial charge on any atom is 0.234 e. The van der Waals surface area contributed by atoms with Gasteiger partial charge in [0, 0.05) is 11.8 Å². The van der Waals surface area contributed by atoms with Crippen LogP contribution in [0, 0.1) is 6.92 Å². The molecule has 2 aromatic carbocycles. The molecule has 4 rings (SSSR count). The van der Waals surface area contributed by atoms with Gasteiger partial charge in [-0.3, -0.25) is 4.79 Å². The summed E-state index contributed by atoms with van der Waals surface area (Å²) in [6.07, 6.45) is 1.56. The van der Waals surface area contributed by atoms with Gasteiger partial charge in [-0.15, -0.1) is 10.2 Å². The van der Waals surface area contributed by atoms with Gasteiger partial charge in [-0.2, -0.15) is 0 Å². The molecule has 0 radical (unpaired) electrons. The number of nitrogens with zero attached hydrogens (tertiary/aromatic N) is 3. The first-order chi connectivity index (χ1) is 14.6. The summed E-state index contributed by atoms with van der Waals surface area (Å²) in [4.78, 5) is 12.4. The highest BCUT2D eigenvalue weighted by molar-refractivity contribution is 7.99. The number of furan rings is 1. The minimum Gasteiger partial charge on any atom is -0.469 e. The molecule has 152 valence electrons. The Labute approximate surface area is 177 Å². The Morgan fingerprint density at radius 1 is 1.13 bits per heavy atom. The summed E-state index contributed by atoms with van der Waals surface area (Å²) in [6, 6.07) is 18.4. The second-order valence-corrected chi connectivity index (χ2v) is 7.29. The summed E-state index contributed by atoms with van der Waals surface area (Å²) in [7, 11) is 0. The first-order valence-electron chi connectivity index (χ1n) is 9.11. The first kappa shape index (κ1) is 19.6. The third-order valence-electron chi connectivity index (χ3n) is 4.19. The quantitative estimate of drug-likeness (QED) is 0.342. The number of nitrogens with one attached hydrogen (secondary N) is 1. The number of aryl methyl sites for hydroxylation is 1. The van der Waals surface area contributed by atoms with Crippen LogP contribution in [0.4, 0.5) is 5.69 Å². The molecule has 30 heavy (non-hydrogen) atoms. The van der Waals surface area contributed by atoms with E-state index in [2.05, 4.69) is 15.5 Å². The van der Waals surface area contributed by atoms with E-state index in [-0.39, 0.29) is 11.7 Å². The predicted octanol–water partition coefficient (Wildman–Crippen LogP) is 4.08. The summed E-state index contributed by atoms with van der Waals surface area (Å²) < 4.78 is 12.4. The minimum atomic E-state index is -0.194. The molecule has 9 heteroatoms. The van der Waals surface area contributed by atoms with Gasteiger partial charge in [0.15, 0.2) is 5.82 Å². The van der Waals surface area contributed by atoms with E-state index in [1.165, 1.54) is 16.4 Å². The number of amides is 1. The van der Waals surface area contributed by atoms with Crippen LogP contribution in [0.25, 0.3) is 11.4 Å². The van der Waals surface area contributed by atoms with E-state index in [0.29, 0.717) is 28.2 Å². The molecule has 0 aliphatic carbocycles. The molecule has 0 aliphatic rings. The van der Waals surface area contributed by atoms with E-state index in [4.69, 9.17) is 15.0 Å². The lowest BCUT2D eigenvalue weighted by molar-refractivity contribution is -0.113. The van der Waals surface area contributed by atoms with E-state index in [0.717, 1.165) is 11.3 Å². The highest BCUT2D eigenvalue weighted by atomic mass is 32.2. The van der Waals surface area contributed by atoms with Crippen LogP contribution in [-0.4, -0.2) is 26.5 Å². The molecule has 2 heterocycles. The molecular weight excluding hydrogens is 402 g/mol. The number of nitrogen functional groups attached to an aromatic ring is 1. The van der Waals surface area contributed by atoms with Gasteiger partial charge in [0.25, 0.3) is 0 Å². The SMILES string of the molecule is Cc1occc1-c1nnc(SCC(=O)Nc2cccc(Oc3ccccc3)c2)n1N. The maximum atomic E-state index is 12.4. The van der Waals surface area contributed by atoms with Crippen LogP contribution in [0.2, 0.25) is 0 Å². The van der Waals surface area contributed by atoms with Gasteiger partial charge in [0.2, 0.25) is 11.1 Å². The van der Waals surface area contributed by atoms with Crippen molar-refractivity contribution in [2.45, 2.75) is 12.1 Å². The Morgan fingerprint density at radius 3 is 2.70 bits per heavy atom. The second kappa shape index (κ2) is 8.75. The van der Waals surface area contributed by atoms with Crippen molar-refractivity contribution in [2.75, 3.05) is 16.9 Å². The van der Waals surface area contributed by atoms with Gasteiger partial charge in [-0.05, 0) is 37.3 Å². The molecule has 0 aliphatic heterocycles. The average Bonchev–Trinajstić information content (AvgIpc) is 3.32. The van der Waals surface area contributed by atoms with Crippen molar-refractivity contribution in [1.82, 2.24) is 14.9 Å². The summed E-state index contributed by atoms with van der Waals surface area (Å²) >= 11 is 1.20. The number of aromatic nitrogens is 3. The number of thioether (sulfide) groups is 1. The third-order valence-corrected chi connectivity index (χ3v) is 5.14. The smallest absolute Gasteiger partial charge is 0.234 e. The molecule has 0 saturated heterocycles. The van der Waals surface area contributed by atoms with Gasteiger partial charge in [0.05, 0.1) is 17.6 Å². The molecule has 0 saturated carbocycles. The van der Waals surface area contributed by atoms with Crippen LogP contribution in [0.5, 0.6) is 11.5 Å². The molecule has 0 fully saturated rings. The van der Waals surface area contributed by atoms with Gasteiger partial charge >= 0.3 is 0 Å². The average molecular weight is 421 g/mol. The lowest BCUT2D eigenvalue weighted by atomic mass is 10.2. The predicted molar refractivity (Wildman–Crippen MR) is 115 cm³/mol.